The van der Waals surface area contributed by atoms with Gasteiger partial charge in [0, 0.05) is 22.7 Å². The summed E-state index contributed by atoms with van der Waals surface area (Å²) in [5.41, 5.74) is 4.64. The molecule has 3 rings (SSSR count). The molecule has 15 heavy (non-hydrogen) atoms. The summed E-state index contributed by atoms with van der Waals surface area (Å²) in [5, 5.41) is 2.47. The molecule has 0 bridgehead atoms. The third-order valence-electron chi connectivity index (χ3n) is 2.73. The fraction of sp³-hybridized carbons (Fsp3) is 0.154. The van der Waals surface area contributed by atoms with Crippen LogP contribution in [0.25, 0.3) is 21.8 Å². The van der Waals surface area contributed by atoms with Gasteiger partial charge in [0.05, 0.1) is 11.0 Å². The molecule has 2 aromatic heterocycles. The van der Waals surface area contributed by atoms with Gasteiger partial charge in [-0.2, -0.15) is 0 Å². The van der Waals surface area contributed by atoms with Crippen molar-refractivity contribution in [1.82, 2.24) is 9.97 Å². The molecule has 0 aliphatic heterocycles. The van der Waals surface area contributed by atoms with Crippen LogP contribution in [0.3, 0.4) is 0 Å². The second kappa shape index (κ2) is 2.83. The summed E-state index contributed by atoms with van der Waals surface area (Å²) in [4.78, 5) is 7.81. The maximum Gasteiger partial charge on any atom is 0.0723 e. The predicted octanol–water partition coefficient (Wildman–Crippen LogP) is 3.33. The van der Waals surface area contributed by atoms with Crippen molar-refractivity contribution in [2.24, 2.45) is 0 Å². The summed E-state index contributed by atoms with van der Waals surface area (Å²) in [6.07, 6.45) is 1.91. The number of fused-ring (bicyclic) bond motifs is 3. The quantitative estimate of drug-likeness (QED) is 0.587. The first-order valence-corrected chi connectivity index (χ1v) is 5.09. The Hall–Kier alpha value is -1.83. The molecule has 0 saturated heterocycles. The molecule has 0 aliphatic carbocycles. The predicted molar refractivity (Wildman–Crippen MR) is 63.1 cm³/mol. The molecule has 2 heteroatoms. The second-order valence-corrected chi connectivity index (χ2v) is 4.06. The molecule has 0 radical (unpaired) electrons. The number of nitrogens with one attached hydrogen (secondary N) is 1. The van der Waals surface area contributed by atoms with Crippen LogP contribution in [0.4, 0.5) is 0 Å². The Morgan fingerprint density at radius 3 is 2.87 bits per heavy atom. The lowest BCUT2D eigenvalue weighted by Gasteiger charge is -2.00. The fourth-order valence-corrected chi connectivity index (χ4v) is 2.05. The Balaban J connectivity index is 2.56. The third kappa shape index (κ3) is 1.22. The molecule has 1 aromatic carbocycles. The van der Waals surface area contributed by atoms with E-state index in [1.807, 2.05) is 6.20 Å². The van der Waals surface area contributed by atoms with Crippen LogP contribution in [0.15, 0.2) is 30.5 Å². The maximum atomic E-state index is 4.42. The minimum absolute atomic E-state index is 1.05. The van der Waals surface area contributed by atoms with Crippen LogP contribution in [-0.4, -0.2) is 9.97 Å². The molecule has 0 spiro atoms. The van der Waals surface area contributed by atoms with E-state index >= 15 is 0 Å². The topological polar surface area (TPSA) is 28.7 Å². The SMILES string of the molecule is Cc1cnc2ccc3cc(C)[nH]c3c2c1. The molecule has 74 valence electrons. The molecule has 3 aromatic rings. The van der Waals surface area contributed by atoms with Gasteiger partial charge in [0.2, 0.25) is 0 Å². The van der Waals surface area contributed by atoms with Gasteiger partial charge in [-0.1, -0.05) is 6.07 Å². The van der Waals surface area contributed by atoms with Crippen molar-refractivity contribution in [1.29, 1.82) is 0 Å². The first kappa shape index (κ1) is 8.48. The van der Waals surface area contributed by atoms with Gasteiger partial charge in [-0.25, -0.2) is 0 Å². The first-order valence-electron chi connectivity index (χ1n) is 5.09. The summed E-state index contributed by atoms with van der Waals surface area (Å²) in [5.74, 6) is 0. The number of hydrogen-bond donors (Lipinski definition) is 1. The molecule has 0 unspecified atom stereocenters. The molecule has 0 aliphatic rings. The van der Waals surface area contributed by atoms with E-state index < -0.39 is 0 Å². The highest BCUT2D eigenvalue weighted by Gasteiger charge is 2.03. The third-order valence-corrected chi connectivity index (χ3v) is 2.73. The lowest BCUT2D eigenvalue weighted by atomic mass is 10.1. The van der Waals surface area contributed by atoms with Crippen LogP contribution in [-0.2, 0) is 0 Å². The number of aryl methyl sites for hydroxylation is 2. The van der Waals surface area contributed by atoms with Crippen molar-refractivity contribution in [3.8, 4) is 0 Å². The van der Waals surface area contributed by atoms with Crippen LogP contribution in [0.5, 0.6) is 0 Å². The summed E-state index contributed by atoms with van der Waals surface area (Å²) in [6, 6.07) is 8.53. The number of pyridine rings is 1. The fourth-order valence-electron chi connectivity index (χ4n) is 2.05. The monoisotopic (exact) mass is 196 g/mol. The highest BCUT2D eigenvalue weighted by Crippen LogP contribution is 2.24. The van der Waals surface area contributed by atoms with Crippen molar-refractivity contribution in [2.45, 2.75) is 13.8 Å². The molecule has 0 amide bonds. The molecule has 2 heterocycles. The Bertz CT molecular complexity index is 650. The lowest BCUT2D eigenvalue weighted by Crippen LogP contribution is -1.82. The first-order chi connectivity index (χ1) is 7.24. The minimum Gasteiger partial charge on any atom is -0.358 e. The van der Waals surface area contributed by atoms with Gasteiger partial charge in [-0.3, -0.25) is 4.98 Å². The number of rotatable bonds is 0. The number of nitrogens with zero attached hydrogens (tertiary/aromatic N) is 1. The Labute approximate surface area is 88.0 Å². The van der Waals surface area contributed by atoms with Crippen LogP contribution in [0, 0.1) is 13.8 Å². The molecule has 0 fully saturated rings. The standard InChI is InChI=1S/C13H12N2/c1-8-5-11-12(14-7-8)4-3-10-6-9(2)15-13(10)11/h3-7,15H,1-2H3. The summed E-state index contributed by atoms with van der Waals surface area (Å²) in [7, 11) is 0. The zero-order chi connectivity index (χ0) is 10.4. The molecular weight excluding hydrogens is 184 g/mol. The zero-order valence-electron chi connectivity index (χ0n) is 8.83. The van der Waals surface area contributed by atoms with E-state index in [4.69, 9.17) is 0 Å². The second-order valence-electron chi connectivity index (χ2n) is 4.06. The van der Waals surface area contributed by atoms with Crippen LogP contribution >= 0.6 is 0 Å². The molecule has 2 nitrogen and oxygen atoms in total. The van der Waals surface area contributed by atoms with E-state index in [0.29, 0.717) is 0 Å². The Morgan fingerprint density at radius 1 is 1.13 bits per heavy atom. The normalized spacial score (nSPS) is 11.3. The number of hydrogen-bond acceptors (Lipinski definition) is 1. The number of aromatic nitrogens is 2. The van der Waals surface area contributed by atoms with E-state index in [9.17, 15) is 0 Å². The van der Waals surface area contributed by atoms with Crippen LogP contribution < -0.4 is 0 Å². The van der Waals surface area contributed by atoms with Crippen LogP contribution in [0.1, 0.15) is 11.3 Å². The van der Waals surface area contributed by atoms with Gasteiger partial charge in [0.25, 0.3) is 0 Å². The molecule has 0 atom stereocenters. The highest BCUT2D eigenvalue weighted by atomic mass is 14.7. The Morgan fingerprint density at radius 2 is 2.00 bits per heavy atom. The van der Waals surface area contributed by atoms with E-state index in [2.05, 4.69) is 48.1 Å². The summed E-state index contributed by atoms with van der Waals surface area (Å²) < 4.78 is 0. The van der Waals surface area contributed by atoms with Gasteiger partial charge >= 0.3 is 0 Å². The van der Waals surface area contributed by atoms with Crippen molar-refractivity contribution >= 4 is 21.8 Å². The number of aromatic amines is 1. The van der Waals surface area contributed by atoms with Gasteiger partial charge in [0.15, 0.2) is 0 Å². The van der Waals surface area contributed by atoms with Gasteiger partial charge in [0.1, 0.15) is 0 Å². The number of benzene rings is 1. The lowest BCUT2D eigenvalue weighted by molar-refractivity contribution is 1.30. The maximum absolute atomic E-state index is 4.42. The van der Waals surface area contributed by atoms with E-state index in [1.54, 1.807) is 0 Å². The summed E-state index contributed by atoms with van der Waals surface area (Å²) in [6.45, 7) is 4.15. The molecule has 0 saturated carbocycles. The molecule has 1 N–H and O–H groups in total. The largest absolute Gasteiger partial charge is 0.358 e. The van der Waals surface area contributed by atoms with Crippen molar-refractivity contribution in [2.75, 3.05) is 0 Å². The van der Waals surface area contributed by atoms with Gasteiger partial charge in [-0.15, -0.1) is 0 Å². The van der Waals surface area contributed by atoms with Crippen molar-refractivity contribution in [3.63, 3.8) is 0 Å². The Kier molecular flexibility index (Phi) is 1.60. The van der Waals surface area contributed by atoms with Crippen molar-refractivity contribution in [3.05, 3.63) is 41.7 Å². The average Bonchev–Trinajstić information content (AvgIpc) is 2.58. The van der Waals surface area contributed by atoms with Crippen LogP contribution in [0.2, 0.25) is 0 Å². The van der Waals surface area contributed by atoms with Crippen molar-refractivity contribution < 1.29 is 0 Å². The summed E-state index contributed by atoms with van der Waals surface area (Å²) >= 11 is 0. The minimum atomic E-state index is 1.05. The highest BCUT2D eigenvalue weighted by molar-refractivity contribution is 6.04. The average molecular weight is 196 g/mol. The van der Waals surface area contributed by atoms with Gasteiger partial charge < -0.3 is 4.98 Å². The van der Waals surface area contributed by atoms with Gasteiger partial charge in [-0.05, 0) is 37.6 Å². The van der Waals surface area contributed by atoms with E-state index in [-0.39, 0.29) is 0 Å². The van der Waals surface area contributed by atoms with E-state index in [0.717, 1.165) is 5.52 Å². The number of H-pyrrole nitrogens is 1. The molecular formula is C13H12N2. The smallest absolute Gasteiger partial charge is 0.0723 e. The zero-order valence-corrected chi connectivity index (χ0v) is 8.83. The van der Waals surface area contributed by atoms with E-state index in [1.165, 1.54) is 27.5 Å².